The van der Waals surface area contributed by atoms with Crippen molar-refractivity contribution in [1.29, 1.82) is 0 Å². The summed E-state index contributed by atoms with van der Waals surface area (Å²) in [6.07, 6.45) is 14.3. The number of hydrogen-bond acceptors (Lipinski definition) is 2. The van der Waals surface area contributed by atoms with Crippen LogP contribution < -0.4 is 5.32 Å². The van der Waals surface area contributed by atoms with Gasteiger partial charge >= 0.3 is 0 Å². The lowest BCUT2D eigenvalue weighted by atomic mass is 9.85. The molecule has 160 valence electrons. The Balaban J connectivity index is 0.000000216. The van der Waals surface area contributed by atoms with E-state index < -0.39 is 0 Å². The first kappa shape index (κ1) is 22.2. The zero-order valence-electron chi connectivity index (χ0n) is 18.6. The summed E-state index contributed by atoms with van der Waals surface area (Å²) in [4.78, 5) is 7.37. The maximum atomic E-state index is 13.2. The van der Waals surface area contributed by atoms with Crippen LogP contribution in [-0.2, 0) is 0 Å². The Kier molecular flexibility index (Phi) is 7.81. The maximum Gasteiger partial charge on any atom is 0.125 e. The van der Waals surface area contributed by atoms with Gasteiger partial charge in [-0.1, -0.05) is 32.4 Å². The monoisotopic (exact) mass is 407 g/mol. The van der Waals surface area contributed by atoms with Gasteiger partial charge in [0.05, 0.1) is 5.71 Å². The molecule has 1 aliphatic heterocycles. The smallest absolute Gasteiger partial charge is 0.125 e. The summed E-state index contributed by atoms with van der Waals surface area (Å²) >= 11 is 0. The number of aromatic amines is 1. The van der Waals surface area contributed by atoms with Gasteiger partial charge in [-0.25, -0.2) is 4.39 Å². The number of nitrogens with zero attached hydrogens (tertiary/aromatic N) is 1. The van der Waals surface area contributed by atoms with Crippen LogP contribution in [0.15, 0.2) is 59.3 Å². The number of benzene rings is 1. The lowest BCUT2D eigenvalue weighted by molar-refractivity contribution is 0.270. The van der Waals surface area contributed by atoms with Crippen LogP contribution in [0.25, 0.3) is 16.5 Å². The predicted molar refractivity (Wildman–Crippen MR) is 128 cm³/mol. The van der Waals surface area contributed by atoms with Crippen molar-refractivity contribution in [2.45, 2.75) is 40.0 Å². The van der Waals surface area contributed by atoms with Gasteiger partial charge in [0.1, 0.15) is 5.82 Å². The molecule has 3 nitrogen and oxygen atoms in total. The quantitative estimate of drug-likeness (QED) is 0.615. The number of allylic oxidation sites excluding steroid dienone is 6. The Bertz CT molecular complexity index is 971. The minimum absolute atomic E-state index is 0.228. The molecule has 4 rings (SSSR count). The normalized spacial score (nSPS) is 20.9. The van der Waals surface area contributed by atoms with Crippen LogP contribution in [0.3, 0.4) is 0 Å². The third-order valence-electron chi connectivity index (χ3n) is 6.37. The summed E-state index contributed by atoms with van der Waals surface area (Å²) < 4.78 is 13.2. The predicted octanol–water partition coefficient (Wildman–Crippen LogP) is 6.31. The van der Waals surface area contributed by atoms with E-state index in [4.69, 9.17) is 0 Å². The molecule has 1 aliphatic carbocycles. The van der Waals surface area contributed by atoms with Gasteiger partial charge < -0.3 is 10.3 Å². The molecule has 1 aromatic heterocycles. The highest BCUT2D eigenvalue weighted by Crippen LogP contribution is 2.30. The molecule has 0 spiro atoms. The zero-order chi connectivity index (χ0) is 21.5. The van der Waals surface area contributed by atoms with E-state index in [9.17, 15) is 4.39 Å². The van der Waals surface area contributed by atoms with E-state index in [1.807, 2.05) is 37.4 Å². The lowest BCUT2D eigenvalue weighted by Gasteiger charge is -2.27. The Morgan fingerprint density at radius 3 is 2.67 bits per heavy atom. The van der Waals surface area contributed by atoms with Gasteiger partial charge in [0.15, 0.2) is 0 Å². The zero-order valence-corrected chi connectivity index (χ0v) is 18.6. The molecule has 2 N–H and O–H groups in total. The second-order valence-corrected chi connectivity index (χ2v) is 8.15. The molecular weight excluding hydrogens is 373 g/mol. The van der Waals surface area contributed by atoms with Gasteiger partial charge in [-0.3, -0.25) is 4.99 Å². The molecule has 1 fully saturated rings. The minimum atomic E-state index is -0.228. The van der Waals surface area contributed by atoms with Crippen molar-refractivity contribution in [3.63, 3.8) is 0 Å². The standard InChI is InChI=1S/C17H15FN2.C9H19N/c1-3-11-8-12(4-7-16(11)19-2)15-10-20-17-9-13(18)5-6-14(15)17;1-3-8(2)9-4-6-10-7-5-9/h3-10,20H,1-2H3;8-10H,3-7H2,1-2H3/b11-3-,19-16?;. The molecule has 4 heteroatoms. The highest BCUT2D eigenvalue weighted by molar-refractivity contribution is 6.15. The molecule has 0 amide bonds. The average molecular weight is 408 g/mol. The molecule has 1 aromatic carbocycles. The van der Waals surface area contributed by atoms with Crippen molar-refractivity contribution in [3.05, 3.63) is 65.7 Å². The fourth-order valence-electron chi connectivity index (χ4n) is 4.24. The van der Waals surface area contributed by atoms with Gasteiger partial charge in [-0.2, -0.15) is 0 Å². The van der Waals surface area contributed by atoms with E-state index in [0.29, 0.717) is 0 Å². The lowest BCUT2D eigenvalue weighted by Crippen LogP contribution is -2.30. The third kappa shape index (κ3) is 5.17. The van der Waals surface area contributed by atoms with Crippen LogP contribution in [0.2, 0.25) is 0 Å². The highest BCUT2D eigenvalue weighted by Gasteiger charge is 2.17. The number of nitrogens with one attached hydrogen (secondary N) is 2. The van der Waals surface area contributed by atoms with E-state index in [1.165, 1.54) is 44.5 Å². The molecule has 1 unspecified atom stereocenters. The van der Waals surface area contributed by atoms with Crippen molar-refractivity contribution in [2.24, 2.45) is 16.8 Å². The van der Waals surface area contributed by atoms with E-state index in [1.54, 1.807) is 7.05 Å². The van der Waals surface area contributed by atoms with Crippen molar-refractivity contribution >= 4 is 22.2 Å². The van der Waals surface area contributed by atoms with Gasteiger partial charge in [0.2, 0.25) is 0 Å². The number of rotatable bonds is 3. The summed E-state index contributed by atoms with van der Waals surface area (Å²) in [6, 6.07) is 4.81. The SMILES string of the molecule is C/C=C1/C=C(c2c[nH]c3cc(F)ccc23)C=CC1=NC.CCC(C)C1CCNCC1. The molecule has 0 bridgehead atoms. The first-order valence-electron chi connectivity index (χ1n) is 11.1. The maximum absolute atomic E-state index is 13.2. The van der Waals surface area contributed by atoms with Gasteiger partial charge in [-0.05, 0) is 86.2 Å². The first-order valence-corrected chi connectivity index (χ1v) is 11.1. The van der Waals surface area contributed by atoms with Crippen LogP contribution in [0, 0.1) is 17.7 Å². The molecular formula is C26H34FN3. The molecule has 1 atom stereocenters. The Hall–Kier alpha value is -2.46. The molecule has 30 heavy (non-hydrogen) atoms. The van der Waals surface area contributed by atoms with Gasteiger partial charge in [0.25, 0.3) is 0 Å². The van der Waals surface area contributed by atoms with Crippen LogP contribution in [0.4, 0.5) is 4.39 Å². The van der Waals surface area contributed by atoms with Crippen LogP contribution in [0.1, 0.15) is 45.6 Å². The van der Waals surface area contributed by atoms with Crippen molar-refractivity contribution in [3.8, 4) is 0 Å². The fourth-order valence-corrected chi connectivity index (χ4v) is 4.24. The second kappa shape index (κ2) is 10.5. The number of halogens is 1. The van der Waals surface area contributed by atoms with E-state index >= 15 is 0 Å². The highest BCUT2D eigenvalue weighted by atomic mass is 19.1. The summed E-state index contributed by atoms with van der Waals surface area (Å²) in [5.41, 5.74) is 5.06. The van der Waals surface area contributed by atoms with Crippen molar-refractivity contribution in [2.75, 3.05) is 20.1 Å². The van der Waals surface area contributed by atoms with Crippen LogP contribution in [0.5, 0.6) is 0 Å². The molecule has 2 heterocycles. The molecule has 0 radical (unpaired) electrons. The summed E-state index contributed by atoms with van der Waals surface area (Å²) in [5.74, 6) is 1.72. The van der Waals surface area contributed by atoms with Crippen molar-refractivity contribution in [1.82, 2.24) is 10.3 Å². The number of aliphatic imine (C=N–C) groups is 1. The summed E-state index contributed by atoms with van der Waals surface area (Å²) in [5, 5.41) is 4.42. The molecule has 0 saturated carbocycles. The van der Waals surface area contributed by atoms with Gasteiger partial charge in [0, 0.05) is 29.7 Å². The molecule has 2 aliphatic rings. The van der Waals surface area contributed by atoms with E-state index in [0.717, 1.165) is 45.2 Å². The average Bonchev–Trinajstić information content (AvgIpc) is 3.22. The van der Waals surface area contributed by atoms with E-state index in [2.05, 4.69) is 35.2 Å². The van der Waals surface area contributed by atoms with E-state index in [-0.39, 0.29) is 5.82 Å². The summed E-state index contributed by atoms with van der Waals surface area (Å²) in [7, 11) is 1.79. The molecule has 1 saturated heterocycles. The topological polar surface area (TPSA) is 40.2 Å². The number of piperidine rings is 1. The largest absolute Gasteiger partial charge is 0.360 e. The first-order chi connectivity index (χ1) is 14.6. The van der Waals surface area contributed by atoms with Crippen LogP contribution in [-0.4, -0.2) is 30.8 Å². The Morgan fingerprint density at radius 1 is 1.23 bits per heavy atom. The summed E-state index contributed by atoms with van der Waals surface area (Å²) in [6.45, 7) is 9.17. The third-order valence-corrected chi connectivity index (χ3v) is 6.37. The Labute approximate surface area is 179 Å². The fraction of sp³-hybridized carbons (Fsp3) is 0.423. The Morgan fingerprint density at radius 2 is 2.00 bits per heavy atom. The second-order valence-electron chi connectivity index (χ2n) is 8.15. The number of H-pyrrole nitrogens is 1. The van der Waals surface area contributed by atoms with Crippen molar-refractivity contribution < 1.29 is 4.39 Å². The molecule has 2 aromatic rings. The minimum Gasteiger partial charge on any atom is -0.360 e. The number of aromatic nitrogens is 1. The van der Waals surface area contributed by atoms with Crippen LogP contribution >= 0.6 is 0 Å². The number of fused-ring (bicyclic) bond motifs is 1. The number of hydrogen-bond donors (Lipinski definition) is 2. The van der Waals surface area contributed by atoms with Gasteiger partial charge in [-0.15, -0.1) is 0 Å².